The highest BCUT2D eigenvalue weighted by atomic mass is 32.2. The van der Waals surface area contributed by atoms with E-state index in [1.165, 1.54) is 54.7 Å². The quantitative estimate of drug-likeness (QED) is 0.128. The molecule has 1 aromatic heterocycles. The minimum atomic E-state index is -4.36. The summed E-state index contributed by atoms with van der Waals surface area (Å²) >= 11 is 1.19. The fraction of sp³-hybridized carbons (Fsp3) is 0.118. The van der Waals surface area contributed by atoms with Gasteiger partial charge >= 0.3 is 10.1 Å². The van der Waals surface area contributed by atoms with Gasteiger partial charge in [-0.15, -0.1) is 0 Å². The van der Waals surface area contributed by atoms with Crippen LogP contribution in [0.3, 0.4) is 0 Å². The average molecular weight is 681 g/mol. The fourth-order valence-electron chi connectivity index (χ4n) is 6.02. The molecule has 1 aliphatic heterocycles. The van der Waals surface area contributed by atoms with Crippen molar-refractivity contribution >= 4 is 44.6 Å². The van der Waals surface area contributed by atoms with Gasteiger partial charge < -0.3 is 4.18 Å². The van der Waals surface area contributed by atoms with Crippen molar-refractivity contribution in [2.75, 3.05) is 0 Å². The summed E-state index contributed by atoms with van der Waals surface area (Å²) < 4.78 is 32.9. The number of aromatic nitrogens is 1. The van der Waals surface area contributed by atoms with Crippen molar-refractivity contribution in [2.24, 2.45) is 4.99 Å². The summed E-state index contributed by atoms with van der Waals surface area (Å²) in [5.41, 5.74) is 4.57. The molecule has 48 heavy (non-hydrogen) atoms. The van der Waals surface area contributed by atoms with E-state index >= 15 is 0 Å². The molecule has 12 nitrogen and oxygen atoms in total. The second-order valence-corrected chi connectivity index (χ2v) is 13.8. The lowest BCUT2D eigenvalue weighted by Gasteiger charge is -2.30. The lowest BCUT2D eigenvalue weighted by Crippen LogP contribution is -2.38. The standard InChI is InChI=1S/C34H24N4O8S2/c1-20-9-15-26(19-29(20)38(42)43)48(44,45)46-25-13-10-21(11-14-25)17-30-33(39)36-32(23-6-4-7-24(18-23)37(40)41)28-16-12-22-5-2-3-8-27(22)31(28)35-34(36)47-30/h2-11,13-15,17-19,32H,12,16H2,1H3/b30-17+/t32-/m1/s1. The number of thiazole rings is 1. The summed E-state index contributed by atoms with van der Waals surface area (Å²) in [7, 11) is -4.36. The molecule has 1 aliphatic carbocycles. The van der Waals surface area contributed by atoms with Crippen LogP contribution in [-0.4, -0.2) is 22.8 Å². The Balaban J connectivity index is 1.27. The second-order valence-electron chi connectivity index (χ2n) is 11.3. The van der Waals surface area contributed by atoms with Gasteiger partial charge in [-0.3, -0.25) is 29.6 Å². The van der Waals surface area contributed by atoms with E-state index in [0.29, 0.717) is 32.4 Å². The maximum Gasteiger partial charge on any atom is 0.339 e. The van der Waals surface area contributed by atoms with Gasteiger partial charge in [-0.2, -0.15) is 8.42 Å². The topological polar surface area (TPSA) is 164 Å². The predicted molar refractivity (Wildman–Crippen MR) is 178 cm³/mol. The lowest BCUT2D eigenvalue weighted by atomic mass is 9.83. The third-order valence-electron chi connectivity index (χ3n) is 8.32. The summed E-state index contributed by atoms with van der Waals surface area (Å²) in [6.45, 7) is 1.51. The van der Waals surface area contributed by atoms with Gasteiger partial charge in [0.2, 0.25) is 0 Å². The third kappa shape index (κ3) is 5.50. The third-order valence-corrected chi connectivity index (χ3v) is 10.5. The Labute approximate surface area is 276 Å². The van der Waals surface area contributed by atoms with Gasteiger partial charge in [-0.05, 0) is 66.3 Å². The molecule has 5 aromatic rings. The Morgan fingerprint density at radius 1 is 0.938 bits per heavy atom. The summed E-state index contributed by atoms with van der Waals surface area (Å²) in [5.74, 6) is -0.0196. The van der Waals surface area contributed by atoms with Crippen molar-refractivity contribution in [3.63, 3.8) is 0 Å². The Morgan fingerprint density at radius 3 is 2.46 bits per heavy atom. The van der Waals surface area contributed by atoms with E-state index in [-0.39, 0.29) is 27.6 Å². The molecule has 2 heterocycles. The van der Waals surface area contributed by atoms with Crippen LogP contribution in [0.25, 0.3) is 11.8 Å². The van der Waals surface area contributed by atoms with Crippen LogP contribution in [0.1, 0.15) is 40.3 Å². The number of fused-ring (bicyclic) bond motifs is 3. The highest BCUT2D eigenvalue weighted by Gasteiger charge is 2.33. The Hall–Kier alpha value is -5.73. The summed E-state index contributed by atoms with van der Waals surface area (Å²) in [6.07, 6.45) is 3.03. The van der Waals surface area contributed by atoms with Crippen molar-refractivity contribution in [3.05, 3.63) is 164 Å². The number of hydrogen-bond acceptors (Lipinski definition) is 10. The van der Waals surface area contributed by atoms with E-state index in [1.54, 1.807) is 34.9 Å². The normalized spacial score (nSPS) is 15.6. The van der Waals surface area contributed by atoms with Gasteiger partial charge in [0.05, 0.1) is 26.1 Å². The van der Waals surface area contributed by atoms with Crippen molar-refractivity contribution in [1.82, 2.24) is 4.57 Å². The smallest absolute Gasteiger partial charge is 0.339 e. The fourth-order valence-corrected chi connectivity index (χ4v) is 7.97. The van der Waals surface area contributed by atoms with E-state index in [4.69, 9.17) is 9.18 Å². The Bertz CT molecular complexity index is 2500. The highest BCUT2D eigenvalue weighted by Crippen LogP contribution is 2.41. The van der Waals surface area contributed by atoms with Gasteiger partial charge in [-0.1, -0.05) is 65.9 Å². The number of rotatable bonds is 7. The van der Waals surface area contributed by atoms with Gasteiger partial charge in [-0.25, -0.2) is 4.99 Å². The maximum absolute atomic E-state index is 14.0. The van der Waals surface area contributed by atoms with E-state index in [1.807, 2.05) is 18.2 Å². The highest BCUT2D eigenvalue weighted by molar-refractivity contribution is 7.87. The van der Waals surface area contributed by atoms with Crippen LogP contribution < -0.4 is 19.1 Å². The van der Waals surface area contributed by atoms with Crippen molar-refractivity contribution in [3.8, 4) is 5.75 Å². The molecule has 0 radical (unpaired) electrons. The zero-order valence-electron chi connectivity index (χ0n) is 25.1. The number of hydrogen-bond donors (Lipinski definition) is 0. The first-order valence-corrected chi connectivity index (χ1v) is 16.9. The van der Waals surface area contributed by atoms with Crippen molar-refractivity contribution in [2.45, 2.75) is 30.7 Å². The first kappa shape index (κ1) is 30.9. The predicted octanol–water partition coefficient (Wildman–Crippen LogP) is 5.21. The SMILES string of the molecule is Cc1ccc(S(=O)(=O)Oc2ccc(/C=c3/sc4n(c3=O)[C@H](c3cccc([N+](=O)[O-])c3)C3=C(N=4)c4ccccc4CC3)cc2)cc1[N+](=O)[O-]. The van der Waals surface area contributed by atoms with Crippen LogP contribution in [0.15, 0.2) is 111 Å². The first-order valence-electron chi connectivity index (χ1n) is 14.7. The molecule has 14 heteroatoms. The van der Waals surface area contributed by atoms with Crippen molar-refractivity contribution < 1.29 is 22.4 Å². The number of allylic oxidation sites excluding steroid dienone is 1. The largest absolute Gasteiger partial charge is 0.379 e. The number of nitro groups is 2. The number of aryl methyl sites for hydroxylation is 2. The summed E-state index contributed by atoms with van der Waals surface area (Å²) in [6, 6.07) is 23.2. The molecular weight excluding hydrogens is 657 g/mol. The average Bonchev–Trinajstić information content (AvgIpc) is 3.38. The van der Waals surface area contributed by atoms with Crippen LogP contribution in [0.2, 0.25) is 0 Å². The Morgan fingerprint density at radius 2 is 1.71 bits per heavy atom. The van der Waals surface area contributed by atoms with Crippen LogP contribution in [-0.2, 0) is 16.5 Å². The zero-order chi connectivity index (χ0) is 33.7. The molecule has 0 unspecified atom stereocenters. The van der Waals surface area contributed by atoms with E-state index in [2.05, 4.69) is 6.07 Å². The molecule has 0 amide bonds. The van der Waals surface area contributed by atoms with Gasteiger partial charge in [0, 0.05) is 29.3 Å². The molecule has 7 rings (SSSR count). The van der Waals surface area contributed by atoms with Crippen LogP contribution in [0, 0.1) is 27.2 Å². The molecular formula is C34H24N4O8S2. The monoisotopic (exact) mass is 680 g/mol. The molecule has 2 aliphatic rings. The van der Waals surface area contributed by atoms with E-state index < -0.39 is 26.0 Å². The lowest BCUT2D eigenvalue weighted by molar-refractivity contribution is -0.385. The molecule has 240 valence electrons. The number of non-ortho nitro benzene ring substituents is 1. The molecule has 0 saturated heterocycles. The van der Waals surface area contributed by atoms with Gasteiger partial charge in [0.1, 0.15) is 10.6 Å². The summed E-state index contributed by atoms with van der Waals surface area (Å²) in [5, 5.41) is 23.0. The maximum atomic E-state index is 14.0. The number of nitrogens with zero attached hydrogens (tertiary/aromatic N) is 4. The molecule has 0 spiro atoms. The minimum Gasteiger partial charge on any atom is -0.379 e. The number of benzene rings is 4. The molecule has 1 atom stereocenters. The molecule has 0 N–H and O–H groups in total. The Kier molecular flexibility index (Phi) is 7.60. The second kappa shape index (κ2) is 11.8. The van der Waals surface area contributed by atoms with Crippen molar-refractivity contribution in [1.29, 1.82) is 0 Å². The molecule has 0 bridgehead atoms. The first-order chi connectivity index (χ1) is 23.0. The van der Waals surface area contributed by atoms with Gasteiger partial charge in [0.15, 0.2) is 4.80 Å². The minimum absolute atomic E-state index is 0.0196. The number of nitro benzene ring substituents is 2. The van der Waals surface area contributed by atoms with Crippen LogP contribution >= 0.6 is 11.3 Å². The van der Waals surface area contributed by atoms with Gasteiger partial charge in [0.25, 0.3) is 16.9 Å². The molecule has 0 saturated carbocycles. The van der Waals surface area contributed by atoms with E-state index in [9.17, 15) is 33.4 Å². The van der Waals surface area contributed by atoms with Crippen LogP contribution in [0.5, 0.6) is 5.75 Å². The van der Waals surface area contributed by atoms with Crippen LogP contribution in [0.4, 0.5) is 11.4 Å². The molecule has 4 aromatic carbocycles. The van der Waals surface area contributed by atoms with E-state index in [0.717, 1.165) is 34.9 Å². The molecule has 0 fully saturated rings. The zero-order valence-corrected chi connectivity index (χ0v) is 26.7. The summed E-state index contributed by atoms with van der Waals surface area (Å²) in [4.78, 5) is 40.9.